The van der Waals surface area contributed by atoms with E-state index in [9.17, 15) is 23.6 Å². The Bertz CT molecular complexity index is 996. The van der Waals surface area contributed by atoms with Gasteiger partial charge in [-0.1, -0.05) is 19.3 Å². The highest BCUT2D eigenvalue weighted by molar-refractivity contribution is 6.05. The van der Waals surface area contributed by atoms with Gasteiger partial charge >= 0.3 is 0 Å². The number of nitrogens with one attached hydrogen (secondary N) is 1. The number of carbonyl (C=O) groups excluding carboxylic acids is 4. The second-order valence-corrected chi connectivity index (χ2v) is 9.86. The van der Waals surface area contributed by atoms with Gasteiger partial charge in [0, 0.05) is 37.5 Å². The van der Waals surface area contributed by atoms with Gasteiger partial charge in [-0.05, 0) is 61.3 Å². The molecule has 1 N–H and O–H groups in total. The monoisotopic (exact) mass is 455 g/mol. The van der Waals surface area contributed by atoms with Crippen LogP contribution in [-0.4, -0.2) is 52.6 Å². The number of hydrogen-bond donors (Lipinski definition) is 1. The molecule has 3 fully saturated rings. The molecule has 176 valence electrons. The van der Waals surface area contributed by atoms with E-state index in [4.69, 9.17) is 0 Å². The van der Waals surface area contributed by atoms with E-state index in [-0.39, 0.29) is 48.9 Å². The summed E-state index contributed by atoms with van der Waals surface area (Å²) in [7, 11) is 0. The van der Waals surface area contributed by atoms with Crippen LogP contribution in [0.15, 0.2) is 12.1 Å². The number of nitrogens with zero attached hydrogens (tertiary/aromatic N) is 2. The summed E-state index contributed by atoms with van der Waals surface area (Å²) in [6.07, 6.45) is 7.37. The number of imide groups is 1. The van der Waals surface area contributed by atoms with Crippen LogP contribution in [0.5, 0.6) is 0 Å². The SMILES string of the molecule is O=C1CCC(N2Cc3c(cc(F)cc3C3CCN(C(=O)C4CCCCC4)CC3)C2=O)C(=O)N1. The Balaban J connectivity index is 1.31. The first-order valence-corrected chi connectivity index (χ1v) is 12.2. The molecule has 1 atom stereocenters. The lowest BCUT2D eigenvalue weighted by molar-refractivity contribution is -0.138. The highest BCUT2D eigenvalue weighted by Crippen LogP contribution is 2.38. The van der Waals surface area contributed by atoms with Crippen LogP contribution < -0.4 is 5.32 Å². The second-order valence-electron chi connectivity index (χ2n) is 9.86. The number of hydrogen-bond acceptors (Lipinski definition) is 4. The van der Waals surface area contributed by atoms with Gasteiger partial charge in [-0.25, -0.2) is 4.39 Å². The van der Waals surface area contributed by atoms with Gasteiger partial charge < -0.3 is 9.80 Å². The van der Waals surface area contributed by atoms with Crippen molar-refractivity contribution in [3.8, 4) is 0 Å². The van der Waals surface area contributed by atoms with E-state index in [1.54, 1.807) is 0 Å². The molecular weight excluding hydrogens is 425 g/mol. The summed E-state index contributed by atoms with van der Waals surface area (Å²) >= 11 is 0. The van der Waals surface area contributed by atoms with Gasteiger partial charge in [0.2, 0.25) is 17.7 Å². The minimum atomic E-state index is -0.714. The fourth-order valence-corrected chi connectivity index (χ4v) is 6.04. The topological polar surface area (TPSA) is 86.8 Å². The molecule has 3 heterocycles. The Morgan fingerprint density at radius 3 is 2.39 bits per heavy atom. The normalized spacial score (nSPS) is 24.8. The Kier molecular flexibility index (Phi) is 5.93. The van der Waals surface area contributed by atoms with Gasteiger partial charge in [-0.3, -0.25) is 24.5 Å². The molecule has 0 radical (unpaired) electrons. The smallest absolute Gasteiger partial charge is 0.255 e. The summed E-state index contributed by atoms with van der Waals surface area (Å²) in [4.78, 5) is 53.2. The largest absolute Gasteiger partial charge is 0.342 e. The van der Waals surface area contributed by atoms with Crippen LogP contribution >= 0.6 is 0 Å². The van der Waals surface area contributed by atoms with Gasteiger partial charge in [0.05, 0.1) is 0 Å². The maximum absolute atomic E-state index is 14.5. The molecule has 7 nitrogen and oxygen atoms in total. The van der Waals surface area contributed by atoms with E-state index >= 15 is 0 Å². The minimum absolute atomic E-state index is 0.0689. The zero-order valence-corrected chi connectivity index (χ0v) is 18.8. The van der Waals surface area contributed by atoms with Crippen LogP contribution in [0.1, 0.15) is 85.2 Å². The lowest BCUT2D eigenvalue weighted by Gasteiger charge is -2.36. The Labute approximate surface area is 192 Å². The quantitative estimate of drug-likeness (QED) is 0.710. The van der Waals surface area contributed by atoms with Crippen molar-refractivity contribution in [1.29, 1.82) is 0 Å². The van der Waals surface area contributed by atoms with Gasteiger partial charge in [0.15, 0.2) is 0 Å². The summed E-state index contributed by atoms with van der Waals surface area (Å²) in [6.45, 7) is 1.55. The zero-order valence-electron chi connectivity index (χ0n) is 18.8. The Morgan fingerprint density at radius 1 is 0.970 bits per heavy atom. The van der Waals surface area contributed by atoms with Crippen LogP contribution in [0.4, 0.5) is 4.39 Å². The van der Waals surface area contributed by atoms with Crippen LogP contribution in [-0.2, 0) is 20.9 Å². The average Bonchev–Trinajstić information content (AvgIpc) is 3.15. The van der Waals surface area contributed by atoms with Crippen LogP contribution in [0.2, 0.25) is 0 Å². The van der Waals surface area contributed by atoms with Crippen molar-refractivity contribution in [3.05, 3.63) is 34.6 Å². The second kappa shape index (κ2) is 8.88. The fourth-order valence-electron chi connectivity index (χ4n) is 6.04. The molecule has 0 aromatic heterocycles. The van der Waals surface area contributed by atoms with Crippen molar-refractivity contribution in [2.24, 2.45) is 5.92 Å². The zero-order chi connectivity index (χ0) is 23.1. The third-order valence-corrected chi connectivity index (χ3v) is 7.86. The first-order valence-electron chi connectivity index (χ1n) is 12.2. The van der Waals surface area contributed by atoms with E-state index in [0.717, 1.165) is 49.7 Å². The summed E-state index contributed by atoms with van der Waals surface area (Å²) in [5.41, 5.74) is 1.91. The van der Waals surface area contributed by atoms with Crippen LogP contribution in [0.3, 0.4) is 0 Å². The molecule has 0 spiro atoms. The van der Waals surface area contributed by atoms with Crippen LogP contribution in [0, 0.1) is 11.7 Å². The molecule has 1 unspecified atom stereocenters. The van der Waals surface area contributed by atoms with E-state index in [0.29, 0.717) is 18.7 Å². The van der Waals surface area contributed by atoms with Crippen molar-refractivity contribution < 1.29 is 23.6 Å². The number of amides is 4. The van der Waals surface area contributed by atoms with E-state index < -0.39 is 17.8 Å². The number of rotatable bonds is 3. The number of halogens is 1. The average molecular weight is 456 g/mol. The summed E-state index contributed by atoms with van der Waals surface area (Å²) < 4.78 is 14.5. The number of fused-ring (bicyclic) bond motifs is 1. The highest BCUT2D eigenvalue weighted by atomic mass is 19.1. The molecule has 1 aromatic rings. The predicted octanol–water partition coefficient (Wildman–Crippen LogP) is 2.87. The molecule has 1 saturated carbocycles. The van der Waals surface area contributed by atoms with Gasteiger partial charge in [0.1, 0.15) is 11.9 Å². The van der Waals surface area contributed by atoms with E-state index in [1.165, 1.54) is 23.5 Å². The van der Waals surface area contributed by atoms with Gasteiger partial charge in [-0.2, -0.15) is 0 Å². The first kappa shape index (κ1) is 22.0. The van der Waals surface area contributed by atoms with Crippen molar-refractivity contribution in [1.82, 2.24) is 15.1 Å². The fraction of sp³-hybridized carbons (Fsp3) is 0.600. The predicted molar refractivity (Wildman–Crippen MR) is 118 cm³/mol. The number of piperidine rings is 2. The van der Waals surface area contributed by atoms with Crippen molar-refractivity contribution >= 4 is 23.6 Å². The number of benzene rings is 1. The van der Waals surface area contributed by atoms with Crippen molar-refractivity contribution in [2.75, 3.05) is 13.1 Å². The molecule has 4 aliphatic rings. The Morgan fingerprint density at radius 2 is 1.70 bits per heavy atom. The first-order chi connectivity index (χ1) is 15.9. The maximum atomic E-state index is 14.5. The molecule has 3 aliphatic heterocycles. The molecule has 33 heavy (non-hydrogen) atoms. The number of carbonyl (C=O) groups is 4. The third kappa shape index (κ3) is 4.15. The summed E-state index contributed by atoms with van der Waals surface area (Å²) in [5, 5.41) is 2.30. The highest BCUT2D eigenvalue weighted by Gasteiger charge is 2.41. The van der Waals surface area contributed by atoms with Gasteiger partial charge in [-0.15, -0.1) is 0 Å². The molecule has 1 aliphatic carbocycles. The standard InChI is InChI=1S/C25H30FN3O4/c26-17-12-18(15-8-10-28(11-9-15)24(32)16-4-2-1-3-5-16)20-14-29(25(33)19(20)13-17)21-6-7-22(30)27-23(21)31/h12-13,15-16,21H,1-11,14H2,(H,27,30,31). The summed E-state index contributed by atoms with van der Waals surface area (Å²) in [5.74, 6) is -1.14. The molecule has 2 saturated heterocycles. The van der Waals surface area contributed by atoms with Crippen molar-refractivity contribution in [3.63, 3.8) is 0 Å². The molecule has 0 bridgehead atoms. The molecular formula is C25H30FN3O4. The minimum Gasteiger partial charge on any atom is -0.342 e. The summed E-state index contributed by atoms with van der Waals surface area (Å²) in [6, 6.07) is 2.06. The van der Waals surface area contributed by atoms with Crippen molar-refractivity contribution in [2.45, 2.75) is 76.3 Å². The molecule has 8 heteroatoms. The lowest BCUT2D eigenvalue weighted by Crippen LogP contribution is -2.52. The number of likely N-dealkylation sites (tertiary alicyclic amines) is 1. The third-order valence-electron chi connectivity index (χ3n) is 7.86. The van der Waals surface area contributed by atoms with Crippen LogP contribution in [0.25, 0.3) is 0 Å². The molecule has 5 rings (SSSR count). The van der Waals surface area contributed by atoms with E-state index in [1.807, 2.05) is 4.90 Å². The van der Waals surface area contributed by atoms with E-state index in [2.05, 4.69) is 5.32 Å². The molecule has 1 aromatic carbocycles. The van der Waals surface area contributed by atoms with Gasteiger partial charge in [0.25, 0.3) is 5.91 Å². The molecule has 4 amide bonds. The lowest BCUT2D eigenvalue weighted by atomic mass is 9.84. The maximum Gasteiger partial charge on any atom is 0.255 e. The Hall–Kier alpha value is -2.77.